The topological polar surface area (TPSA) is 52.6 Å². The lowest BCUT2D eigenvalue weighted by atomic mass is 10.0. The van der Waals surface area contributed by atoms with E-state index in [0.717, 1.165) is 5.56 Å². The molecule has 1 aromatic rings. The van der Waals surface area contributed by atoms with Gasteiger partial charge in [0.1, 0.15) is 5.75 Å². The average molecular weight is 236 g/mol. The van der Waals surface area contributed by atoms with E-state index in [1.165, 1.54) is 7.11 Å². The Morgan fingerprint density at radius 1 is 1.18 bits per heavy atom. The Hall–Kier alpha value is -1.84. The van der Waals surface area contributed by atoms with Gasteiger partial charge in [0.05, 0.1) is 20.6 Å². The molecule has 0 heterocycles. The van der Waals surface area contributed by atoms with Crippen molar-refractivity contribution in [1.29, 1.82) is 0 Å². The number of carbonyl (C=O) groups excluding carboxylic acids is 2. The summed E-state index contributed by atoms with van der Waals surface area (Å²) in [6, 6.07) is 5.25. The third kappa shape index (κ3) is 3.59. The Bertz CT molecular complexity index is 423. The maximum Gasteiger partial charge on any atom is 0.305 e. The average Bonchev–Trinajstić information content (AvgIpc) is 2.35. The number of ketones is 1. The van der Waals surface area contributed by atoms with Gasteiger partial charge in [-0.3, -0.25) is 9.59 Å². The molecule has 0 aliphatic rings. The Labute approximate surface area is 101 Å². The molecule has 92 valence electrons. The maximum atomic E-state index is 11.8. The van der Waals surface area contributed by atoms with Crippen LogP contribution in [0.2, 0.25) is 0 Å². The number of hydrogen-bond acceptors (Lipinski definition) is 4. The van der Waals surface area contributed by atoms with Crippen LogP contribution in [0, 0.1) is 6.92 Å². The summed E-state index contributed by atoms with van der Waals surface area (Å²) in [7, 11) is 2.89. The van der Waals surface area contributed by atoms with Gasteiger partial charge in [-0.2, -0.15) is 0 Å². The molecule has 4 heteroatoms. The van der Waals surface area contributed by atoms with Crippen molar-refractivity contribution in [2.75, 3.05) is 14.2 Å². The smallest absolute Gasteiger partial charge is 0.305 e. The number of rotatable bonds is 5. The van der Waals surface area contributed by atoms with Crippen LogP contribution in [0.5, 0.6) is 5.75 Å². The van der Waals surface area contributed by atoms with Gasteiger partial charge in [-0.1, -0.05) is 0 Å². The molecule has 0 fully saturated rings. The number of Topliss-reactive ketones (excluding diaryl/α,β-unsaturated/α-hetero) is 1. The lowest BCUT2D eigenvalue weighted by Crippen LogP contribution is -2.07. The summed E-state index contributed by atoms with van der Waals surface area (Å²) in [6.45, 7) is 1.84. The first kappa shape index (κ1) is 13.2. The quantitative estimate of drug-likeness (QED) is 0.580. The third-order valence-corrected chi connectivity index (χ3v) is 2.52. The van der Waals surface area contributed by atoms with Gasteiger partial charge in [0.15, 0.2) is 5.78 Å². The highest BCUT2D eigenvalue weighted by molar-refractivity contribution is 5.98. The van der Waals surface area contributed by atoms with Gasteiger partial charge in [0, 0.05) is 12.0 Å². The summed E-state index contributed by atoms with van der Waals surface area (Å²) in [4.78, 5) is 22.8. The lowest BCUT2D eigenvalue weighted by molar-refractivity contribution is -0.140. The molecule has 0 radical (unpaired) electrons. The van der Waals surface area contributed by atoms with Crippen molar-refractivity contribution in [2.45, 2.75) is 19.8 Å². The van der Waals surface area contributed by atoms with Crippen molar-refractivity contribution in [3.8, 4) is 5.75 Å². The predicted octanol–water partition coefficient (Wildman–Crippen LogP) is 2.14. The Morgan fingerprint density at radius 3 is 2.41 bits per heavy atom. The first-order chi connectivity index (χ1) is 8.08. The fourth-order valence-corrected chi connectivity index (χ4v) is 1.53. The summed E-state index contributed by atoms with van der Waals surface area (Å²) in [5, 5.41) is 0. The second kappa shape index (κ2) is 6.03. The molecule has 1 rings (SSSR count). The van der Waals surface area contributed by atoms with Crippen LogP contribution in [0.25, 0.3) is 0 Å². The molecule has 0 bridgehead atoms. The van der Waals surface area contributed by atoms with Crippen LogP contribution in [-0.4, -0.2) is 26.0 Å². The van der Waals surface area contributed by atoms with E-state index < -0.39 is 0 Å². The fourth-order valence-electron chi connectivity index (χ4n) is 1.53. The molecule has 0 saturated carbocycles. The Balaban J connectivity index is 2.72. The number of aryl methyl sites for hydroxylation is 1. The minimum absolute atomic E-state index is 0.0597. The molecule has 0 aliphatic carbocycles. The first-order valence-corrected chi connectivity index (χ1v) is 5.33. The van der Waals surface area contributed by atoms with E-state index in [0.29, 0.717) is 11.3 Å². The highest BCUT2D eigenvalue weighted by Crippen LogP contribution is 2.18. The van der Waals surface area contributed by atoms with E-state index in [4.69, 9.17) is 4.74 Å². The summed E-state index contributed by atoms with van der Waals surface area (Å²) in [6.07, 6.45) is 0.278. The monoisotopic (exact) mass is 236 g/mol. The molecule has 17 heavy (non-hydrogen) atoms. The predicted molar refractivity (Wildman–Crippen MR) is 63.3 cm³/mol. The van der Waals surface area contributed by atoms with Gasteiger partial charge < -0.3 is 9.47 Å². The SMILES string of the molecule is COC(=O)CCC(=O)c1ccc(OC)cc1C. The second-order valence-corrected chi connectivity index (χ2v) is 3.68. The summed E-state index contributed by atoms with van der Waals surface area (Å²) < 4.78 is 9.55. The molecule has 0 atom stereocenters. The molecule has 1 aromatic carbocycles. The summed E-state index contributed by atoms with van der Waals surface area (Å²) in [5.41, 5.74) is 1.47. The van der Waals surface area contributed by atoms with Gasteiger partial charge in [-0.15, -0.1) is 0 Å². The van der Waals surface area contributed by atoms with E-state index in [1.54, 1.807) is 25.3 Å². The second-order valence-electron chi connectivity index (χ2n) is 3.68. The van der Waals surface area contributed by atoms with Gasteiger partial charge in [-0.05, 0) is 30.7 Å². The van der Waals surface area contributed by atoms with E-state index in [2.05, 4.69) is 4.74 Å². The molecule has 0 aliphatic heterocycles. The summed E-state index contributed by atoms with van der Waals surface area (Å²) in [5.74, 6) is 0.284. The number of hydrogen-bond donors (Lipinski definition) is 0. The molecule has 0 spiro atoms. The Morgan fingerprint density at radius 2 is 1.88 bits per heavy atom. The van der Waals surface area contributed by atoms with Crippen molar-refractivity contribution in [3.63, 3.8) is 0 Å². The van der Waals surface area contributed by atoms with Crippen molar-refractivity contribution >= 4 is 11.8 Å². The van der Waals surface area contributed by atoms with E-state index in [9.17, 15) is 9.59 Å². The van der Waals surface area contributed by atoms with Crippen LogP contribution in [0.15, 0.2) is 18.2 Å². The fraction of sp³-hybridized carbons (Fsp3) is 0.385. The van der Waals surface area contributed by atoms with Crippen LogP contribution >= 0.6 is 0 Å². The zero-order chi connectivity index (χ0) is 12.8. The number of carbonyl (C=O) groups is 2. The van der Waals surface area contributed by atoms with Crippen LogP contribution in [-0.2, 0) is 9.53 Å². The standard InChI is InChI=1S/C13H16O4/c1-9-8-10(16-2)4-5-11(9)12(14)6-7-13(15)17-3/h4-5,8H,6-7H2,1-3H3. The molecule has 4 nitrogen and oxygen atoms in total. The number of esters is 1. The minimum Gasteiger partial charge on any atom is -0.497 e. The normalized spacial score (nSPS) is 9.82. The molecule has 0 unspecified atom stereocenters. The molecule has 0 amide bonds. The zero-order valence-corrected chi connectivity index (χ0v) is 10.3. The molecular weight excluding hydrogens is 220 g/mol. The van der Waals surface area contributed by atoms with Crippen molar-refractivity contribution in [2.24, 2.45) is 0 Å². The molecule has 0 N–H and O–H groups in total. The van der Waals surface area contributed by atoms with Crippen LogP contribution in [0.3, 0.4) is 0 Å². The third-order valence-electron chi connectivity index (χ3n) is 2.52. The molecular formula is C13H16O4. The van der Waals surface area contributed by atoms with E-state index in [1.807, 2.05) is 6.92 Å². The van der Waals surface area contributed by atoms with Crippen LogP contribution in [0.1, 0.15) is 28.8 Å². The van der Waals surface area contributed by atoms with Gasteiger partial charge >= 0.3 is 5.97 Å². The number of methoxy groups -OCH3 is 2. The largest absolute Gasteiger partial charge is 0.497 e. The van der Waals surface area contributed by atoms with Gasteiger partial charge in [0.2, 0.25) is 0 Å². The molecule has 0 aromatic heterocycles. The Kier molecular flexibility index (Phi) is 4.69. The number of benzene rings is 1. The van der Waals surface area contributed by atoms with E-state index >= 15 is 0 Å². The van der Waals surface area contributed by atoms with Crippen molar-refractivity contribution < 1.29 is 19.1 Å². The van der Waals surface area contributed by atoms with Crippen LogP contribution < -0.4 is 4.74 Å². The first-order valence-electron chi connectivity index (χ1n) is 5.33. The van der Waals surface area contributed by atoms with E-state index in [-0.39, 0.29) is 24.6 Å². The maximum absolute atomic E-state index is 11.8. The highest BCUT2D eigenvalue weighted by atomic mass is 16.5. The summed E-state index contributed by atoms with van der Waals surface area (Å²) >= 11 is 0. The lowest BCUT2D eigenvalue weighted by Gasteiger charge is -2.06. The van der Waals surface area contributed by atoms with Crippen molar-refractivity contribution in [1.82, 2.24) is 0 Å². The zero-order valence-electron chi connectivity index (χ0n) is 10.3. The number of ether oxygens (including phenoxy) is 2. The molecule has 0 saturated heterocycles. The van der Waals surface area contributed by atoms with Crippen LogP contribution in [0.4, 0.5) is 0 Å². The van der Waals surface area contributed by atoms with Gasteiger partial charge in [0.25, 0.3) is 0 Å². The highest BCUT2D eigenvalue weighted by Gasteiger charge is 2.12. The van der Waals surface area contributed by atoms with Gasteiger partial charge in [-0.25, -0.2) is 0 Å². The van der Waals surface area contributed by atoms with Crippen molar-refractivity contribution in [3.05, 3.63) is 29.3 Å². The minimum atomic E-state index is -0.371.